The van der Waals surface area contributed by atoms with E-state index in [1.807, 2.05) is 53.3 Å². The number of carbonyl (C=O) groups excluding carboxylic acids is 1. The van der Waals surface area contributed by atoms with E-state index >= 15 is 0 Å². The number of anilines is 1. The van der Waals surface area contributed by atoms with Gasteiger partial charge in [0.05, 0.1) is 16.1 Å². The van der Waals surface area contributed by atoms with E-state index < -0.39 is 0 Å². The number of carbonyl (C=O) groups is 1. The van der Waals surface area contributed by atoms with Gasteiger partial charge >= 0.3 is 0 Å². The number of pyridine rings is 1. The highest BCUT2D eigenvalue weighted by atomic mass is 32.2. The minimum atomic E-state index is -0.0302. The summed E-state index contributed by atoms with van der Waals surface area (Å²) in [6, 6.07) is 4.34. The predicted molar refractivity (Wildman–Crippen MR) is 233 cm³/mol. The van der Waals surface area contributed by atoms with Crippen LogP contribution in [0.1, 0.15) is 92.8 Å². The number of unbranched alkanes of at least 4 members (excludes halogenated alkanes) is 2. The molecule has 52 heavy (non-hydrogen) atoms. The molecular weight excluding hydrogens is 741 g/mol. The number of imidazole rings is 1. The minimum Gasteiger partial charge on any atom is -0.309 e. The van der Waals surface area contributed by atoms with Crippen LogP contribution in [0.4, 0.5) is 10.7 Å². The third-order valence-electron chi connectivity index (χ3n) is 10.5. The Bertz CT molecular complexity index is 2260. The fraction of sp³-hybridized carbons (Fsp3) is 0.512. The Hall–Kier alpha value is -2.44. The van der Waals surface area contributed by atoms with Crippen molar-refractivity contribution in [1.82, 2.24) is 9.38 Å². The zero-order valence-electron chi connectivity index (χ0n) is 31.1. The quantitative estimate of drug-likeness (QED) is 0.0878. The van der Waals surface area contributed by atoms with Crippen LogP contribution < -0.4 is 15.7 Å². The molecule has 0 fully saturated rings. The molecule has 0 radical (unpaired) electrons. The highest BCUT2D eigenvalue weighted by Crippen LogP contribution is 2.41. The number of amides is 1. The van der Waals surface area contributed by atoms with Crippen molar-refractivity contribution in [2.75, 3.05) is 35.0 Å². The number of fused-ring (bicyclic) bond motifs is 6. The van der Waals surface area contributed by atoms with Gasteiger partial charge in [0.1, 0.15) is 20.2 Å². The molecule has 11 heteroatoms. The van der Waals surface area contributed by atoms with Crippen molar-refractivity contribution >= 4 is 113 Å². The molecule has 2 aliphatic rings. The summed E-state index contributed by atoms with van der Waals surface area (Å²) >= 11 is 8.96. The second-order valence-corrected chi connectivity index (χ2v) is 20.0. The number of aliphatic imine (C=N–C) groups is 1. The second kappa shape index (κ2) is 16.9. The lowest BCUT2D eigenvalue weighted by molar-refractivity contribution is -0.114. The first kappa shape index (κ1) is 37.9. The summed E-state index contributed by atoms with van der Waals surface area (Å²) < 4.78 is 2.53. The molecule has 2 bridgehead atoms. The average Bonchev–Trinajstić information content (AvgIpc) is 3.89. The monoisotopic (exact) mass is 790 g/mol. The van der Waals surface area contributed by atoms with Gasteiger partial charge < -0.3 is 4.90 Å². The Labute approximate surface area is 327 Å². The molecule has 5 aromatic heterocycles. The molecule has 1 amide bonds. The zero-order chi connectivity index (χ0) is 36.4. The van der Waals surface area contributed by atoms with Crippen LogP contribution in [0.5, 0.6) is 0 Å². The molecule has 276 valence electrons. The topological polar surface area (TPSA) is 67.0 Å². The van der Waals surface area contributed by atoms with Crippen LogP contribution in [0.3, 0.4) is 0 Å². The van der Waals surface area contributed by atoms with E-state index in [1.165, 1.54) is 77.5 Å². The van der Waals surface area contributed by atoms with E-state index in [-0.39, 0.29) is 11.5 Å². The molecular formula is C41H50N4O2S5. The van der Waals surface area contributed by atoms with Crippen LogP contribution in [0.25, 0.3) is 32.2 Å². The van der Waals surface area contributed by atoms with Crippen LogP contribution in [0.2, 0.25) is 0 Å². The van der Waals surface area contributed by atoms with Crippen LogP contribution in [-0.4, -0.2) is 51.6 Å². The Kier molecular flexibility index (Phi) is 12.3. The van der Waals surface area contributed by atoms with Crippen molar-refractivity contribution in [3.63, 3.8) is 0 Å². The number of aryl methyl sites for hydroxylation is 2. The number of rotatable bonds is 17. The molecule has 0 saturated carbocycles. The minimum absolute atomic E-state index is 0.0295. The van der Waals surface area contributed by atoms with E-state index in [0.29, 0.717) is 22.3 Å². The number of hydrogen-bond donors (Lipinski definition) is 0. The number of hydrogen-bond acceptors (Lipinski definition) is 9. The molecule has 0 N–H and O–H groups in total. The number of aromatic nitrogens is 2. The van der Waals surface area contributed by atoms with Crippen LogP contribution in [0, 0.1) is 11.8 Å². The first-order valence-corrected chi connectivity index (χ1v) is 23.8. The molecule has 2 atom stereocenters. The van der Waals surface area contributed by atoms with Crippen LogP contribution in [0.15, 0.2) is 33.6 Å². The van der Waals surface area contributed by atoms with Crippen LogP contribution >= 0.6 is 57.5 Å². The molecule has 6 nitrogen and oxygen atoms in total. The van der Waals surface area contributed by atoms with E-state index in [2.05, 4.69) is 39.8 Å². The maximum Gasteiger partial charge on any atom is 0.274 e. The van der Waals surface area contributed by atoms with Gasteiger partial charge in [-0.1, -0.05) is 72.0 Å². The molecule has 2 unspecified atom stereocenters. The smallest absolute Gasteiger partial charge is 0.274 e. The van der Waals surface area contributed by atoms with Gasteiger partial charge in [0, 0.05) is 45.6 Å². The Morgan fingerprint density at radius 3 is 2.44 bits per heavy atom. The molecule has 6 heterocycles. The Balaban J connectivity index is 1.18. The van der Waals surface area contributed by atoms with Gasteiger partial charge in [-0.25, -0.2) is 9.98 Å². The average molecular weight is 791 g/mol. The first-order chi connectivity index (χ1) is 25.3. The fourth-order valence-electron chi connectivity index (χ4n) is 7.31. The summed E-state index contributed by atoms with van der Waals surface area (Å²) in [5, 5.41) is 2.68. The van der Waals surface area contributed by atoms with Gasteiger partial charge in [0.25, 0.3) is 11.5 Å². The maximum absolute atomic E-state index is 14.3. The van der Waals surface area contributed by atoms with Crippen molar-refractivity contribution in [1.29, 1.82) is 0 Å². The van der Waals surface area contributed by atoms with Gasteiger partial charge in [-0.05, 0) is 78.2 Å². The molecule has 1 aliphatic heterocycles. The molecule has 0 spiro atoms. The molecule has 5 aromatic rings. The summed E-state index contributed by atoms with van der Waals surface area (Å²) in [6.45, 7) is 9.20. The summed E-state index contributed by atoms with van der Waals surface area (Å²) in [5.41, 5.74) is 4.11. The van der Waals surface area contributed by atoms with E-state index in [4.69, 9.17) is 9.98 Å². The maximum atomic E-state index is 14.3. The lowest BCUT2D eigenvalue weighted by Gasteiger charge is -2.19. The van der Waals surface area contributed by atoms with E-state index in [1.54, 1.807) is 27.6 Å². The summed E-state index contributed by atoms with van der Waals surface area (Å²) in [4.78, 5) is 44.7. The number of nitrogens with zero attached hydrogens (tertiary/aromatic N) is 4. The fourth-order valence-corrected chi connectivity index (χ4v) is 13.1. The SMILES string of the molecule is CCCCC(C)CSCCc1cc2c(nc3c4c5c6c(sc5c(=O)n32)C=Nc2sc(CCSCC(CC)CCCC)cc2N(C)C(=O)C(=CC=4)C6)s1. The predicted octanol–water partition coefficient (Wildman–Crippen LogP) is 10.5. The number of likely N-dealkylation sites (N-methyl/N-ethyl adjacent to an activating group) is 1. The van der Waals surface area contributed by atoms with E-state index in [0.717, 1.165) is 78.3 Å². The van der Waals surface area contributed by atoms with Crippen molar-refractivity contribution in [3.05, 3.63) is 59.5 Å². The highest BCUT2D eigenvalue weighted by molar-refractivity contribution is 7.99. The normalized spacial score (nSPS) is 15.4. The third kappa shape index (κ3) is 7.72. The van der Waals surface area contributed by atoms with Crippen molar-refractivity contribution in [2.45, 2.75) is 91.9 Å². The van der Waals surface area contributed by atoms with E-state index in [9.17, 15) is 9.59 Å². The summed E-state index contributed by atoms with van der Waals surface area (Å²) in [5.74, 6) is 6.07. The van der Waals surface area contributed by atoms with Crippen molar-refractivity contribution in [2.24, 2.45) is 16.8 Å². The largest absolute Gasteiger partial charge is 0.309 e. The Morgan fingerprint density at radius 1 is 0.923 bits per heavy atom. The summed E-state index contributed by atoms with van der Waals surface area (Å²) in [6.07, 6.45) is 17.3. The van der Waals surface area contributed by atoms with Gasteiger partial charge in [-0.3, -0.25) is 14.0 Å². The number of thiophene rings is 3. The first-order valence-electron chi connectivity index (χ1n) is 19.0. The second-order valence-electron chi connectivity index (χ2n) is 14.4. The van der Waals surface area contributed by atoms with Gasteiger partial charge in [-0.15, -0.1) is 34.0 Å². The summed E-state index contributed by atoms with van der Waals surface area (Å²) in [7, 11) is 1.87. The number of allylic oxidation sites excluding steroid dienone is 1. The zero-order valence-corrected chi connectivity index (χ0v) is 35.2. The highest BCUT2D eigenvalue weighted by Gasteiger charge is 2.28. The molecule has 0 saturated heterocycles. The Morgan fingerprint density at radius 2 is 1.67 bits per heavy atom. The van der Waals surface area contributed by atoms with Gasteiger partial charge in [0.2, 0.25) is 0 Å². The molecule has 1 aliphatic carbocycles. The number of thioether (sulfide) groups is 2. The molecule has 7 rings (SSSR count). The third-order valence-corrected chi connectivity index (χ3v) is 16.3. The lowest BCUT2D eigenvalue weighted by Crippen LogP contribution is -2.28. The lowest BCUT2D eigenvalue weighted by atomic mass is 10.0. The van der Waals surface area contributed by atoms with Crippen molar-refractivity contribution in [3.8, 4) is 0 Å². The molecule has 0 aromatic carbocycles. The van der Waals surface area contributed by atoms with Crippen LogP contribution in [-0.2, 0) is 24.1 Å². The van der Waals surface area contributed by atoms with Gasteiger partial charge in [-0.2, -0.15) is 23.5 Å². The van der Waals surface area contributed by atoms with Crippen molar-refractivity contribution < 1.29 is 4.79 Å². The van der Waals surface area contributed by atoms with Gasteiger partial charge in [0.15, 0.2) is 0 Å². The standard InChI is InChI=1S/C41H50N4O2S5/c1-6-9-11-25(4)23-48-17-15-29-21-33-39(51-29)43-37-30-14-13-27-19-31-34(52-36(35(30)31)41(47)45(33)37)22-42-38-32(44(5)40(27)46)20-28(50-38)16-18-49-24-26(8-3)12-10-7-2/h13-14,20-22,25-26H,6-12,15-19,23-24H2,1-5H3.